The molecule has 0 saturated carbocycles. The molecule has 0 unspecified atom stereocenters. The van der Waals surface area contributed by atoms with Gasteiger partial charge in [-0.05, 0) is 22.9 Å². The van der Waals surface area contributed by atoms with E-state index < -0.39 is 0 Å². The molecule has 0 radical (unpaired) electrons. The minimum absolute atomic E-state index is 0.789. The first-order chi connectivity index (χ1) is 11.1. The van der Waals surface area contributed by atoms with Gasteiger partial charge in [-0.3, -0.25) is 0 Å². The van der Waals surface area contributed by atoms with E-state index in [-0.39, 0.29) is 0 Å². The van der Waals surface area contributed by atoms with Crippen molar-refractivity contribution >= 4 is 44.8 Å². The van der Waals surface area contributed by atoms with Gasteiger partial charge in [0.1, 0.15) is 8.64 Å². The highest BCUT2D eigenvalue weighted by molar-refractivity contribution is 8.37. The Morgan fingerprint density at radius 1 is 0.739 bits per heavy atom. The molecule has 0 N–H and O–H groups in total. The first-order valence-corrected chi connectivity index (χ1v) is 8.95. The third kappa shape index (κ3) is 5.94. The van der Waals surface area contributed by atoms with Gasteiger partial charge < -0.3 is 9.80 Å². The quantitative estimate of drug-likeness (QED) is 0.736. The van der Waals surface area contributed by atoms with E-state index >= 15 is 0 Å². The molecule has 0 aliphatic heterocycles. The fourth-order valence-corrected chi connectivity index (χ4v) is 3.43. The predicted molar refractivity (Wildman–Crippen MR) is 109 cm³/mol. The lowest BCUT2D eigenvalue weighted by Crippen LogP contribution is -2.28. The van der Waals surface area contributed by atoms with Crippen molar-refractivity contribution in [3.63, 3.8) is 0 Å². The van der Waals surface area contributed by atoms with Crippen LogP contribution in [0, 0.1) is 0 Å². The molecule has 0 heterocycles. The molecule has 0 fully saturated rings. The molecule has 5 heteroatoms. The van der Waals surface area contributed by atoms with E-state index in [0.717, 1.165) is 21.7 Å². The van der Waals surface area contributed by atoms with Gasteiger partial charge in [0.25, 0.3) is 0 Å². The normalized spacial score (nSPS) is 10.2. The zero-order valence-corrected chi connectivity index (χ0v) is 15.8. The molecule has 0 bridgehead atoms. The number of benzene rings is 2. The van der Waals surface area contributed by atoms with Gasteiger partial charge in [0.2, 0.25) is 0 Å². The highest BCUT2D eigenvalue weighted by Gasteiger charge is 2.12. The van der Waals surface area contributed by atoms with Crippen LogP contribution in [0.1, 0.15) is 11.1 Å². The van der Waals surface area contributed by atoms with Gasteiger partial charge in [-0.25, -0.2) is 0 Å². The number of thioether (sulfide) groups is 1. The molecule has 23 heavy (non-hydrogen) atoms. The van der Waals surface area contributed by atoms with Crippen molar-refractivity contribution in [2.75, 3.05) is 14.1 Å². The zero-order valence-electron chi connectivity index (χ0n) is 13.3. The number of nitrogens with zero attached hydrogens (tertiary/aromatic N) is 2. The summed E-state index contributed by atoms with van der Waals surface area (Å²) in [7, 11) is 4.00. The lowest BCUT2D eigenvalue weighted by molar-refractivity contribution is 0.515. The van der Waals surface area contributed by atoms with Gasteiger partial charge in [-0.1, -0.05) is 85.1 Å². The van der Waals surface area contributed by atoms with Crippen molar-refractivity contribution in [1.82, 2.24) is 9.80 Å². The van der Waals surface area contributed by atoms with Crippen LogP contribution in [0.25, 0.3) is 0 Å². The van der Waals surface area contributed by atoms with Gasteiger partial charge in [-0.2, -0.15) is 0 Å². The van der Waals surface area contributed by atoms with Crippen molar-refractivity contribution in [3.05, 3.63) is 71.8 Å². The first-order valence-electron chi connectivity index (χ1n) is 7.32. The average Bonchev–Trinajstić information content (AvgIpc) is 2.56. The molecular weight excluding hydrogens is 340 g/mol. The number of rotatable bonds is 4. The Kier molecular flexibility index (Phi) is 7.02. The van der Waals surface area contributed by atoms with Crippen LogP contribution >= 0.6 is 36.2 Å². The number of hydrogen-bond acceptors (Lipinski definition) is 3. The van der Waals surface area contributed by atoms with Crippen LogP contribution in [0.5, 0.6) is 0 Å². The molecule has 0 aromatic heterocycles. The van der Waals surface area contributed by atoms with Crippen molar-refractivity contribution in [2.45, 2.75) is 13.1 Å². The Bertz CT molecular complexity index is 586. The molecule has 0 spiro atoms. The summed E-state index contributed by atoms with van der Waals surface area (Å²) in [5.41, 5.74) is 2.48. The molecule has 120 valence electrons. The van der Waals surface area contributed by atoms with Crippen molar-refractivity contribution in [1.29, 1.82) is 0 Å². The third-order valence-corrected chi connectivity index (χ3v) is 5.42. The topological polar surface area (TPSA) is 6.48 Å². The number of thiocarbonyl (C=S) groups is 2. The fraction of sp³-hybridized carbons (Fsp3) is 0.222. The average molecular weight is 361 g/mol. The van der Waals surface area contributed by atoms with Gasteiger partial charge >= 0.3 is 0 Å². The Labute approximate surface area is 153 Å². The van der Waals surface area contributed by atoms with Crippen LogP contribution in [-0.4, -0.2) is 32.5 Å². The Morgan fingerprint density at radius 2 is 1.09 bits per heavy atom. The summed E-state index contributed by atoms with van der Waals surface area (Å²) in [5.74, 6) is 0. The van der Waals surface area contributed by atoms with E-state index in [0.29, 0.717) is 0 Å². The SMILES string of the molecule is CN(Cc1ccccc1)C(=S)SC(=S)N(C)Cc1ccccc1. The molecular formula is C18H20N2S3. The van der Waals surface area contributed by atoms with Gasteiger partial charge in [0.15, 0.2) is 0 Å². The van der Waals surface area contributed by atoms with Crippen LogP contribution in [0.15, 0.2) is 60.7 Å². The summed E-state index contributed by atoms with van der Waals surface area (Å²) in [6.45, 7) is 1.58. The van der Waals surface area contributed by atoms with E-state index in [9.17, 15) is 0 Å². The lowest BCUT2D eigenvalue weighted by Gasteiger charge is -2.23. The first kappa shape index (κ1) is 17.9. The zero-order chi connectivity index (χ0) is 16.7. The van der Waals surface area contributed by atoms with Crippen LogP contribution in [0.4, 0.5) is 0 Å². The van der Waals surface area contributed by atoms with Crippen molar-refractivity contribution in [2.24, 2.45) is 0 Å². The summed E-state index contributed by atoms with van der Waals surface area (Å²) in [6.07, 6.45) is 0. The largest absolute Gasteiger partial charge is 0.356 e. The predicted octanol–water partition coefficient (Wildman–Crippen LogP) is 4.55. The Balaban J connectivity index is 1.85. The monoisotopic (exact) mass is 360 g/mol. The Hall–Kier alpha value is -1.43. The van der Waals surface area contributed by atoms with Crippen molar-refractivity contribution in [3.8, 4) is 0 Å². The molecule has 2 rings (SSSR count). The lowest BCUT2D eigenvalue weighted by atomic mass is 10.2. The van der Waals surface area contributed by atoms with E-state index in [1.807, 2.05) is 50.5 Å². The van der Waals surface area contributed by atoms with Crippen LogP contribution in [0.2, 0.25) is 0 Å². The fourth-order valence-electron chi connectivity index (χ4n) is 2.07. The summed E-state index contributed by atoms with van der Waals surface area (Å²) in [6, 6.07) is 20.6. The molecule has 2 aromatic rings. The molecule has 0 aliphatic rings. The highest BCUT2D eigenvalue weighted by atomic mass is 32.2. The second kappa shape index (κ2) is 9.01. The van der Waals surface area contributed by atoms with Crippen LogP contribution in [0.3, 0.4) is 0 Å². The van der Waals surface area contributed by atoms with Gasteiger partial charge in [0, 0.05) is 27.2 Å². The minimum atomic E-state index is 0.789. The number of hydrogen-bond donors (Lipinski definition) is 0. The Morgan fingerprint density at radius 3 is 1.43 bits per heavy atom. The van der Waals surface area contributed by atoms with E-state index in [1.165, 1.54) is 22.9 Å². The van der Waals surface area contributed by atoms with E-state index in [1.54, 1.807) is 0 Å². The molecule has 2 nitrogen and oxygen atoms in total. The van der Waals surface area contributed by atoms with Crippen LogP contribution < -0.4 is 0 Å². The molecule has 0 amide bonds. The summed E-state index contributed by atoms with van der Waals surface area (Å²) in [4.78, 5) is 4.11. The summed E-state index contributed by atoms with van der Waals surface area (Å²) in [5, 5.41) is 0. The highest BCUT2D eigenvalue weighted by Crippen LogP contribution is 2.17. The third-order valence-electron chi connectivity index (χ3n) is 3.32. The minimum Gasteiger partial charge on any atom is -0.356 e. The van der Waals surface area contributed by atoms with E-state index in [4.69, 9.17) is 24.4 Å². The smallest absolute Gasteiger partial charge is 0.143 e. The summed E-state index contributed by atoms with van der Waals surface area (Å²) < 4.78 is 1.58. The second-order valence-electron chi connectivity index (χ2n) is 5.32. The molecule has 0 atom stereocenters. The molecule has 0 aliphatic carbocycles. The van der Waals surface area contributed by atoms with Crippen LogP contribution in [-0.2, 0) is 13.1 Å². The van der Waals surface area contributed by atoms with E-state index in [2.05, 4.69) is 34.1 Å². The van der Waals surface area contributed by atoms with Gasteiger partial charge in [-0.15, -0.1) is 0 Å². The second-order valence-corrected chi connectivity index (χ2v) is 7.58. The molecule has 0 saturated heterocycles. The maximum atomic E-state index is 5.51. The standard InChI is InChI=1S/C18H20N2S3/c1-19(13-15-9-5-3-6-10-15)17(21)23-18(22)20(2)14-16-11-7-4-8-12-16/h3-12H,13-14H2,1-2H3. The summed E-state index contributed by atoms with van der Waals surface area (Å²) >= 11 is 12.5. The van der Waals surface area contributed by atoms with Gasteiger partial charge in [0.05, 0.1) is 0 Å². The maximum absolute atomic E-state index is 5.51. The van der Waals surface area contributed by atoms with Crippen molar-refractivity contribution < 1.29 is 0 Å². The maximum Gasteiger partial charge on any atom is 0.143 e. The molecule has 2 aromatic carbocycles.